The SMILES string of the molecule is c1ccc(-c2ccc3c(-c4ccc5ccccc5c4)c4cc(-c5ccc6ccc7ccccc7c6n5)ccc4c(-c4ccc5ccccc5c4)c3c2)cc1. The highest BCUT2D eigenvalue weighted by Gasteiger charge is 2.20. The van der Waals surface area contributed by atoms with Crippen LogP contribution in [0, 0.1) is 0 Å². The molecule has 0 aliphatic carbocycles. The van der Waals surface area contributed by atoms with Gasteiger partial charge in [0.1, 0.15) is 0 Å². The zero-order valence-electron chi connectivity index (χ0n) is 29.5. The van der Waals surface area contributed by atoms with Crippen LogP contribution < -0.4 is 0 Å². The smallest absolute Gasteiger partial charge is 0.0787 e. The van der Waals surface area contributed by atoms with Gasteiger partial charge in [0.15, 0.2) is 0 Å². The number of nitrogens with zero attached hydrogens (tertiary/aromatic N) is 1. The van der Waals surface area contributed by atoms with Crippen molar-refractivity contribution in [3.8, 4) is 44.6 Å². The highest BCUT2D eigenvalue weighted by molar-refractivity contribution is 6.23. The molecule has 0 fully saturated rings. The molecule has 250 valence electrons. The van der Waals surface area contributed by atoms with Crippen LogP contribution in [0.15, 0.2) is 200 Å². The quantitative estimate of drug-likeness (QED) is 0.133. The second kappa shape index (κ2) is 12.3. The molecular formula is C53H33N. The zero-order chi connectivity index (χ0) is 35.6. The van der Waals surface area contributed by atoms with Crippen LogP contribution in [0.1, 0.15) is 0 Å². The van der Waals surface area contributed by atoms with E-state index in [0.29, 0.717) is 0 Å². The first-order valence-electron chi connectivity index (χ1n) is 18.6. The Bertz CT molecular complexity index is 3270. The molecule has 0 aliphatic heterocycles. The molecule has 0 bridgehead atoms. The summed E-state index contributed by atoms with van der Waals surface area (Å²) in [6.45, 7) is 0. The van der Waals surface area contributed by atoms with E-state index in [4.69, 9.17) is 4.98 Å². The molecule has 0 unspecified atom stereocenters. The van der Waals surface area contributed by atoms with Crippen LogP contribution in [0.3, 0.4) is 0 Å². The summed E-state index contributed by atoms with van der Waals surface area (Å²) in [6.07, 6.45) is 0. The minimum atomic E-state index is 0.969. The number of hydrogen-bond donors (Lipinski definition) is 0. The van der Waals surface area contributed by atoms with Gasteiger partial charge in [-0.1, -0.05) is 170 Å². The summed E-state index contributed by atoms with van der Waals surface area (Å²) in [5.74, 6) is 0. The Morgan fingerprint density at radius 1 is 0.241 bits per heavy atom. The Morgan fingerprint density at radius 2 is 0.722 bits per heavy atom. The van der Waals surface area contributed by atoms with Crippen molar-refractivity contribution in [2.24, 2.45) is 0 Å². The third-order valence-electron chi connectivity index (χ3n) is 11.2. The van der Waals surface area contributed by atoms with Gasteiger partial charge < -0.3 is 0 Å². The van der Waals surface area contributed by atoms with Crippen molar-refractivity contribution >= 4 is 64.8 Å². The number of hydrogen-bond acceptors (Lipinski definition) is 1. The van der Waals surface area contributed by atoms with Gasteiger partial charge in [0.2, 0.25) is 0 Å². The van der Waals surface area contributed by atoms with E-state index in [1.54, 1.807) is 0 Å². The number of fused-ring (bicyclic) bond motifs is 7. The monoisotopic (exact) mass is 683 g/mol. The predicted octanol–water partition coefficient (Wildman–Crippen LogP) is 14.7. The number of rotatable bonds is 4. The second-order valence-electron chi connectivity index (χ2n) is 14.3. The molecule has 0 saturated carbocycles. The maximum atomic E-state index is 5.35. The van der Waals surface area contributed by atoms with Gasteiger partial charge in [-0.2, -0.15) is 0 Å². The van der Waals surface area contributed by atoms with Crippen molar-refractivity contribution in [3.63, 3.8) is 0 Å². The first kappa shape index (κ1) is 30.5. The molecule has 1 aromatic heterocycles. The molecule has 0 atom stereocenters. The van der Waals surface area contributed by atoms with E-state index in [-0.39, 0.29) is 0 Å². The lowest BCUT2D eigenvalue weighted by molar-refractivity contribution is 1.42. The van der Waals surface area contributed by atoms with E-state index >= 15 is 0 Å². The highest BCUT2D eigenvalue weighted by atomic mass is 14.7. The topological polar surface area (TPSA) is 12.9 Å². The molecule has 0 spiro atoms. The molecule has 1 nitrogen and oxygen atoms in total. The molecule has 0 saturated heterocycles. The summed E-state index contributed by atoms with van der Waals surface area (Å²) in [5.41, 5.74) is 10.4. The summed E-state index contributed by atoms with van der Waals surface area (Å²) in [7, 11) is 0. The van der Waals surface area contributed by atoms with Gasteiger partial charge >= 0.3 is 0 Å². The molecule has 11 aromatic rings. The maximum Gasteiger partial charge on any atom is 0.0787 e. The van der Waals surface area contributed by atoms with Crippen molar-refractivity contribution < 1.29 is 0 Å². The lowest BCUT2D eigenvalue weighted by atomic mass is 9.83. The van der Waals surface area contributed by atoms with Crippen molar-refractivity contribution in [2.45, 2.75) is 0 Å². The van der Waals surface area contributed by atoms with Crippen LogP contribution in [-0.2, 0) is 0 Å². The average Bonchev–Trinajstić information content (AvgIpc) is 3.25. The Labute approximate surface area is 313 Å². The molecular weight excluding hydrogens is 651 g/mol. The fourth-order valence-electron chi connectivity index (χ4n) is 8.53. The van der Waals surface area contributed by atoms with Crippen molar-refractivity contribution in [1.82, 2.24) is 4.98 Å². The summed E-state index contributed by atoms with van der Waals surface area (Å²) >= 11 is 0. The van der Waals surface area contributed by atoms with Gasteiger partial charge in [-0.05, 0) is 112 Å². The molecule has 0 radical (unpaired) electrons. The van der Waals surface area contributed by atoms with Crippen molar-refractivity contribution in [3.05, 3.63) is 200 Å². The summed E-state index contributed by atoms with van der Waals surface area (Å²) in [5, 5.41) is 13.4. The molecule has 1 heteroatoms. The number of benzene rings is 10. The van der Waals surface area contributed by atoms with Gasteiger partial charge in [-0.25, -0.2) is 4.98 Å². The molecule has 0 N–H and O–H groups in total. The second-order valence-corrected chi connectivity index (χ2v) is 14.3. The van der Waals surface area contributed by atoms with Crippen LogP contribution in [-0.4, -0.2) is 4.98 Å². The van der Waals surface area contributed by atoms with Crippen LogP contribution in [0.25, 0.3) is 109 Å². The summed E-state index contributed by atoms with van der Waals surface area (Å²) in [6, 6.07) is 73.2. The van der Waals surface area contributed by atoms with Gasteiger partial charge in [-0.3, -0.25) is 0 Å². The Morgan fingerprint density at radius 3 is 1.39 bits per heavy atom. The lowest BCUT2D eigenvalue weighted by Crippen LogP contribution is -1.94. The van der Waals surface area contributed by atoms with Gasteiger partial charge in [0.25, 0.3) is 0 Å². The molecule has 0 amide bonds. The number of aromatic nitrogens is 1. The average molecular weight is 684 g/mol. The van der Waals surface area contributed by atoms with E-state index in [1.807, 2.05) is 0 Å². The van der Waals surface area contributed by atoms with Gasteiger partial charge in [-0.15, -0.1) is 0 Å². The van der Waals surface area contributed by atoms with E-state index in [0.717, 1.165) is 22.2 Å². The fraction of sp³-hybridized carbons (Fsp3) is 0. The Balaban J connectivity index is 1.26. The summed E-state index contributed by atoms with van der Waals surface area (Å²) < 4.78 is 0. The lowest BCUT2D eigenvalue weighted by Gasteiger charge is -2.20. The molecule has 1 heterocycles. The van der Waals surface area contributed by atoms with Crippen molar-refractivity contribution in [1.29, 1.82) is 0 Å². The Hall–Kier alpha value is -7.09. The van der Waals surface area contributed by atoms with E-state index in [9.17, 15) is 0 Å². The highest BCUT2D eigenvalue weighted by Crippen LogP contribution is 2.47. The van der Waals surface area contributed by atoms with Crippen molar-refractivity contribution in [2.75, 3.05) is 0 Å². The van der Waals surface area contributed by atoms with Gasteiger partial charge in [0, 0.05) is 16.3 Å². The normalized spacial score (nSPS) is 11.7. The van der Waals surface area contributed by atoms with E-state index < -0.39 is 0 Å². The minimum absolute atomic E-state index is 0.969. The van der Waals surface area contributed by atoms with Gasteiger partial charge in [0.05, 0.1) is 11.2 Å². The molecule has 0 aliphatic rings. The molecule has 54 heavy (non-hydrogen) atoms. The van der Waals surface area contributed by atoms with Crippen LogP contribution >= 0.6 is 0 Å². The first-order valence-corrected chi connectivity index (χ1v) is 18.6. The maximum absolute atomic E-state index is 5.35. The Kier molecular flexibility index (Phi) is 6.93. The zero-order valence-corrected chi connectivity index (χ0v) is 29.5. The van der Waals surface area contributed by atoms with Crippen LogP contribution in [0.4, 0.5) is 0 Å². The molecule has 10 aromatic carbocycles. The largest absolute Gasteiger partial charge is 0.247 e. The van der Waals surface area contributed by atoms with Crippen LogP contribution in [0.2, 0.25) is 0 Å². The molecule has 11 rings (SSSR count). The third-order valence-corrected chi connectivity index (χ3v) is 11.2. The fourth-order valence-corrected chi connectivity index (χ4v) is 8.53. The predicted molar refractivity (Wildman–Crippen MR) is 231 cm³/mol. The summed E-state index contributed by atoms with van der Waals surface area (Å²) in [4.78, 5) is 5.35. The standard InChI is InChI=1S/C53H33N/c1-2-10-34(11-3-1)41-24-27-46-48(32-41)51(43-22-18-35-12-4-6-15-39(35)30-43)47-28-25-42(33-49(47)52(46)44-23-19-36-13-5-7-16-40(36)31-44)50-29-26-38-21-20-37-14-8-9-17-45(37)53(38)54-50/h1-33H. The number of pyridine rings is 1. The van der Waals surface area contributed by atoms with Crippen LogP contribution in [0.5, 0.6) is 0 Å². The first-order chi connectivity index (χ1) is 26.7. The third kappa shape index (κ3) is 4.98. The van der Waals surface area contributed by atoms with E-state index in [2.05, 4.69) is 200 Å². The minimum Gasteiger partial charge on any atom is -0.247 e. The van der Waals surface area contributed by atoms with E-state index in [1.165, 1.54) is 87.2 Å².